The SMILES string of the molecule is CCNC(=NCc1c(CC)noc1CC)NCCOc1cccc(C)c1. The first-order valence-corrected chi connectivity index (χ1v) is 9.35. The van der Waals surface area contributed by atoms with Crippen LogP contribution in [-0.2, 0) is 19.4 Å². The highest BCUT2D eigenvalue weighted by molar-refractivity contribution is 5.79. The molecular weight excluding hydrogens is 328 g/mol. The minimum absolute atomic E-state index is 0.559. The molecule has 0 radical (unpaired) electrons. The summed E-state index contributed by atoms with van der Waals surface area (Å²) >= 11 is 0. The maximum atomic E-state index is 5.77. The molecule has 0 amide bonds. The van der Waals surface area contributed by atoms with E-state index in [2.05, 4.69) is 54.5 Å². The zero-order chi connectivity index (χ0) is 18.8. The van der Waals surface area contributed by atoms with Gasteiger partial charge in [-0.05, 0) is 38.0 Å². The summed E-state index contributed by atoms with van der Waals surface area (Å²) in [5.74, 6) is 2.58. The van der Waals surface area contributed by atoms with Gasteiger partial charge >= 0.3 is 0 Å². The lowest BCUT2D eigenvalue weighted by Gasteiger charge is -2.12. The Labute approximate surface area is 156 Å². The van der Waals surface area contributed by atoms with E-state index in [0.29, 0.717) is 19.7 Å². The van der Waals surface area contributed by atoms with E-state index in [1.54, 1.807) is 0 Å². The molecule has 1 aromatic heterocycles. The Balaban J connectivity index is 1.89. The number of hydrogen-bond donors (Lipinski definition) is 2. The maximum absolute atomic E-state index is 5.77. The van der Waals surface area contributed by atoms with Crippen molar-refractivity contribution in [3.05, 3.63) is 46.8 Å². The second-order valence-corrected chi connectivity index (χ2v) is 6.03. The fraction of sp³-hybridized carbons (Fsp3) is 0.500. The van der Waals surface area contributed by atoms with Gasteiger partial charge in [0.15, 0.2) is 5.96 Å². The summed E-state index contributed by atoms with van der Waals surface area (Å²) in [5, 5.41) is 10.7. The Morgan fingerprint density at radius 1 is 1.19 bits per heavy atom. The minimum Gasteiger partial charge on any atom is -0.492 e. The van der Waals surface area contributed by atoms with Gasteiger partial charge in [-0.2, -0.15) is 0 Å². The lowest BCUT2D eigenvalue weighted by Crippen LogP contribution is -2.39. The Morgan fingerprint density at radius 2 is 2.04 bits per heavy atom. The summed E-state index contributed by atoms with van der Waals surface area (Å²) in [6, 6.07) is 8.06. The predicted octanol–water partition coefficient (Wildman–Crippen LogP) is 3.24. The number of benzene rings is 1. The van der Waals surface area contributed by atoms with E-state index in [9.17, 15) is 0 Å². The van der Waals surface area contributed by atoms with Crippen molar-refractivity contribution in [3.8, 4) is 5.75 Å². The molecule has 0 saturated carbocycles. The monoisotopic (exact) mass is 358 g/mol. The first kappa shape index (κ1) is 19.8. The highest BCUT2D eigenvalue weighted by Gasteiger charge is 2.13. The minimum atomic E-state index is 0.559. The molecule has 2 rings (SSSR count). The number of ether oxygens (including phenoxy) is 1. The lowest BCUT2D eigenvalue weighted by atomic mass is 10.1. The number of guanidine groups is 1. The van der Waals surface area contributed by atoms with Crippen LogP contribution in [-0.4, -0.2) is 30.8 Å². The van der Waals surface area contributed by atoms with Crippen LogP contribution in [0.1, 0.15) is 43.4 Å². The number of aromatic nitrogens is 1. The molecule has 0 atom stereocenters. The van der Waals surface area contributed by atoms with Gasteiger partial charge in [0, 0.05) is 18.5 Å². The van der Waals surface area contributed by atoms with Crippen LogP contribution in [0.3, 0.4) is 0 Å². The largest absolute Gasteiger partial charge is 0.492 e. The van der Waals surface area contributed by atoms with Crippen LogP contribution in [0.25, 0.3) is 0 Å². The van der Waals surface area contributed by atoms with Crippen LogP contribution in [0, 0.1) is 6.92 Å². The van der Waals surface area contributed by atoms with Crippen LogP contribution in [0.4, 0.5) is 0 Å². The second kappa shape index (κ2) is 10.5. The van der Waals surface area contributed by atoms with Gasteiger partial charge in [-0.25, -0.2) is 4.99 Å². The van der Waals surface area contributed by atoms with E-state index in [-0.39, 0.29) is 0 Å². The number of aryl methyl sites for hydroxylation is 3. The van der Waals surface area contributed by atoms with Crippen molar-refractivity contribution < 1.29 is 9.26 Å². The zero-order valence-electron chi connectivity index (χ0n) is 16.3. The van der Waals surface area contributed by atoms with Gasteiger partial charge in [-0.1, -0.05) is 31.1 Å². The summed E-state index contributed by atoms with van der Waals surface area (Å²) in [6.45, 7) is 10.9. The highest BCUT2D eigenvalue weighted by atomic mass is 16.5. The molecule has 0 aliphatic rings. The van der Waals surface area contributed by atoms with E-state index >= 15 is 0 Å². The van der Waals surface area contributed by atoms with Crippen LogP contribution < -0.4 is 15.4 Å². The normalized spacial score (nSPS) is 11.5. The van der Waals surface area contributed by atoms with Crippen molar-refractivity contribution in [1.29, 1.82) is 0 Å². The third kappa shape index (κ3) is 5.79. The molecule has 0 spiro atoms. The van der Waals surface area contributed by atoms with Gasteiger partial charge in [0.05, 0.1) is 18.8 Å². The molecular formula is C20H30N4O2. The first-order valence-electron chi connectivity index (χ1n) is 9.35. The number of nitrogens with one attached hydrogen (secondary N) is 2. The first-order chi connectivity index (χ1) is 12.7. The fourth-order valence-electron chi connectivity index (χ4n) is 2.66. The molecule has 1 heterocycles. The van der Waals surface area contributed by atoms with Crippen molar-refractivity contribution in [2.75, 3.05) is 19.7 Å². The van der Waals surface area contributed by atoms with Gasteiger partial charge in [0.2, 0.25) is 0 Å². The topological polar surface area (TPSA) is 71.7 Å². The quantitative estimate of drug-likeness (QED) is 0.409. The third-order valence-electron chi connectivity index (χ3n) is 4.00. The van der Waals surface area contributed by atoms with Crippen molar-refractivity contribution in [2.45, 2.75) is 47.1 Å². The van der Waals surface area contributed by atoms with Gasteiger partial charge in [-0.3, -0.25) is 0 Å². The molecule has 0 fully saturated rings. The molecule has 26 heavy (non-hydrogen) atoms. The third-order valence-corrected chi connectivity index (χ3v) is 4.00. The Hall–Kier alpha value is -2.50. The van der Waals surface area contributed by atoms with E-state index in [4.69, 9.17) is 9.26 Å². The molecule has 0 saturated heterocycles. The number of rotatable bonds is 9. The number of hydrogen-bond acceptors (Lipinski definition) is 4. The second-order valence-electron chi connectivity index (χ2n) is 6.03. The van der Waals surface area contributed by atoms with E-state index < -0.39 is 0 Å². The van der Waals surface area contributed by atoms with Crippen LogP contribution >= 0.6 is 0 Å². The average molecular weight is 358 g/mol. The molecule has 0 bridgehead atoms. The van der Waals surface area contributed by atoms with Crippen LogP contribution in [0.15, 0.2) is 33.8 Å². The van der Waals surface area contributed by atoms with Crippen molar-refractivity contribution in [2.24, 2.45) is 4.99 Å². The van der Waals surface area contributed by atoms with Crippen molar-refractivity contribution in [3.63, 3.8) is 0 Å². The van der Waals surface area contributed by atoms with E-state index in [1.807, 2.05) is 18.2 Å². The Morgan fingerprint density at radius 3 is 2.73 bits per heavy atom. The van der Waals surface area contributed by atoms with Gasteiger partial charge < -0.3 is 19.9 Å². The van der Waals surface area contributed by atoms with E-state index in [0.717, 1.165) is 48.1 Å². The van der Waals surface area contributed by atoms with Gasteiger partial charge in [-0.15, -0.1) is 0 Å². The summed E-state index contributed by atoms with van der Waals surface area (Å²) in [6.07, 6.45) is 1.68. The summed E-state index contributed by atoms with van der Waals surface area (Å²) in [5.41, 5.74) is 3.28. The molecule has 2 N–H and O–H groups in total. The van der Waals surface area contributed by atoms with Crippen molar-refractivity contribution in [1.82, 2.24) is 15.8 Å². The molecule has 0 aliphatic heterocycles. The standard InChI is InChI=1S/C20H30N4O2/c1-5-18-17(19(6-2)26-24-18)14-23-20(21-7-3)22-11-12-25-16-10-8-9-15(4)13-16/h8-10,13H,5-7,11-12,14H2,1-4H3,(H2,21,22,23). The highest BCUT2D eigenvalue weighted by Crippen LogP contribution is 2.16. The molecule has 6 nitrogen and oxygen atoms in total. The number of nitrogens with zero attached hydrogens (tertiary/aromatic N) is 2. The lowest BCUT2D eigenvalue weighted by molar-refractivity contribution is 0.321. The number of aliphatic imine (C=N–C) groups is 1. The fourth-order valence-corrected chi connectivity index (χ4v) is 2.66. The predicted molar refractivity (Wildman–Crippen MR) is 105 cm³/mol. The Bertz CT molecular complexity index is 688. The molecule has 0 aliphatic carbocycles. The van der Waals surface area contributed by atoms with Gasteiger partial charge in [0.25, 0.3) is 0 Å². The van der Waals surface area contributed by atoms with E-state index in [1.165, 1.54) is 5.56 Å². The maximum Gasteiger partial charge on any atom is 0.191 e. The van der Waals surface area contributed by atoms with Crippen molar-refractivity contribution >= 4 is 5.96 Å². The van der Waals surface area contributed by atoms with Crippen LogP contribution in [0.5, 0.6) is 5.75 Å². The molecule has 0 unspecified atom stereocenters. The zero-order valence-corrected chi connectivity index (χ0v) is 16.3. The Kier molecular flexibility index (Phi) is 7.99. The molecule has 142 valence electrons. The molecule has 2 aromatic rings. The summed E-state index contributed by atoms with van der Waals surface area (Å²) in [7, 11) is 0. The molecule has 6 heteroatoms. The molecule has 1 aromatic carbocycles. The average Bonchev–Trinajstić information content (AvgIpc) is 3.05. The smallest absolute Gasteiger partial charge is 0.191 e. The summed E-state index contributed by atoms with van der Waals surface area (Å²) in [4.78, 5) is 4.67. The summed E-state index contributed by atoms with van der Waals surface area (Å²) < 4.78 is 11.2. The van der Waals surface area contributed by atoms with Gasteiger partial charge in [0.1, 0.15) is 18.1 Å². The van der Waals surface area contributed by atoms with Crippen LogP contribution in [0.2, 0.25) is 0 Å².